The van der Waals surface area contributed by atoms with Gasteiger partial charge < -0.3 is 9.57 Å². The first-order chi connectivity index (χ1) is 8.95. The predicted molar refractivity (Wildman–Crippen MR) is 71.1 cm³/mol. The molecule has 0 aromatic heterocycles. The SMILES string of the molecule is c1ccc(CNOCCCN2CCOCC2)cc1. The van der Waals surface area contributed by atoms with Crippen molar-refractivity contribution >= 4 is 0 Å². The van der Waals surface area contributed by atoms with Crippen molar-refractivity contribution in [1.29, 1.82) is 0 Å². The van der Waals surface area contributed by atoms with Gasteiger partial charge in [0.05, 0.1) is 19.8 Å². The second-order valence-corrected chi connectivity index (χ2v) is 4.46. The molecule has 1 aliphatic heterocycles. The molecule has 0 unspecified atom stereocenters. The highest BCUT2D eigenvalue weighted by Crippen LogP contribution is 1.99. The van der Waals surface area contributed by atoms with E-state index in [-0.39, 0.29) is 0 Å². The van der Waals surface area contributed by atoms with Crippen LogP contribution < -0.4 is 5.48 Å². The normalized spacial score (nSPS) is 16.9. The number of morpholine rings is 1. The zero-order valence-corrected chi connectivity index (χ0v) is 10.8. The number of nitrogens with one attached hydrogen (secondary N) is 1. The summed E-state index contributed by atoms with van der Waals surface area (Å²) < 4.78 is 5.31. The highest BCUT2D eigenvalue weighted by molar-refractivity contribution is 5.13. The number of ether oxygens (including phenoxy) is 1. The zero-order valence-electron chi connectivity index (χ0n) is 10.8. The van der Waals surface area contributed by atoms with Gasteiger partial charge in [0.15, 0.2) is 0 Å². The Morgan fingerprint density at radius 2 is 1.94 bits per heavy atom. The third-order valence-corrected chi connectivity index (χ3v) is 3.05. The molecule has 1 aliphatic rings. The van der Waals surface area contributed by atoms with Crippen molar-refractivity contribution in [3.63, 3.8) is 0 Å². The van der Waals surface area contributed by atoms with Crippen molar-refractivity contribution in [2.75, 3.05) is 39.5 Å². The summed E-state index contributed by atoms with van der Waals surface area (Å²) in [6.07, 6.45) is 1.06. The van der Waals surface area contributed by atoms with E-state index in [2.05, 4.69) is 22.5 Å². The molecule has 0 saturated carbocycles. The maximum atomic E-state index is 5.42. The van der Waals surface area contributed by atoms with Crippen molar-refractivity contribution in [3.05, 3.63) is 35.9 Å². The second kappa shape index (κ2) is 8.21. The molecule has 1 fully saturated rings. The summed E-state index contributed by atoms with van der Waals surface area (Å²) in [6.45, 7) is 6.45. The Hall–Kier alpha value is -0.940. The maximum Gasteiger partial charge on any atom is 0.0694 e. The Morgan fingerprint density at radius 3 is 2.72 bits per heavy atom. The molecule has 0 radical (unpaired) electrons. The van der Waals surface area contributed by atoms with Crippen LogP contribution in [-0.2, 0) is 16.1 Å². The molecule has 1 saturated heterocycles. The first-order valence-corrected chi connectivity index (χ1v) is 6.64. The number of nitrogens with zero attached hydrogens (tertiary/aromatic N) is 1. The first kappa shape index (κ1) is 13.5. The van der Waals surface area contributed by atoms with Crippen LogP contribution in [0.15, 0.2) is 30.3 Å². The topological polar surface area (TPSA) is 33.7 Å². The lowest BCUT2D eigenvalue weighted by Gasteiger charge is -2.26. The average Bonchev–Trinajstić information content (AvgIpc) is 2.45. The summed E-state index contributed by atoms with van der Waals surface area (Å²) in [5.41, 5.74) is 4.24. The van der Waals surface area contributed by atoms with Gasteiger partial charge in [0.25, 0.3) is 0 Å². The van der Waals surface area contributed by atoms with Crippen molar-refractivity contribution in [2.45, 2.75) is 13.0 Å². The van der Waals surface area contributed by atoms with Gasteiger partial charge in [0.1, 0.15) is 0 Å². The van der Waals surface area contributed by atoms with E-state index >= 15 is 0 Å². The Bertz CT molecular complexity index is 313. The van der Waals surface area contributed by atoms with Gasteiger partial charge >= 0.3 is 0 Å². The van der Waals surface area contributed by atoms with Gasteiger partial charge in [0, 0.05) is 26.2 Å². The Labute approximate surface area is 109 Å². The highest BCUT2D eigenvalue weighted by atomic mass is 16.6. The molecule has 1 aromatic rings. The highest BCUT2D eigenvalue weighted by Gasteiger charge is 2.08. The van der Waals surface area contributed by atoms with E-state index in [4.69, 9.17) is 9.57 Å². The van der Waals surface area contributed by atoms with Gasteiger partial charge in [-0.3, -0.25) is 4.90 Å². The number of hydrogen-bond acceptors (Lipinski definition) is 4. The van der Waals surface area contributed by atoms with E-state index in [0.29, 0.717) is 0 Å². The molecule has 100 valence electrons. The lowest BCUT2D eigenvalue weighted by molar-refractivity contribution is 0.0132. The van der Waals surface area contributed by atoms with Crippen LogP contribution in [0.25, 0.3) is 0 Å². The van der Waals surface area contributed by atoms with Crippen molar-refractivity contribution in [2.24, 2.45) is 0 Å². The lowest BCUT2D eigenvalue weighted by Crippen LogP contribution is -2.37. The summed E-state index contributed by atoms with van der Waals surface area (Å²) in [7, 11) is 0. The molecule has 4 heteroatoms. The standard InChI is InChI=1S/C14H22N2O2/c1-2-5-14(6-3-1)13-15-18-10-4-7-16-8-11-17-12-9-16/h1-3,5-6,15H,4,7-13H2. The van der Waals surface area contributed by atoms with Crippen molar-refractivity contribution in [1.82, 2.24) is 10.4 Å². The molecule has 0 amide bonds. The molecule has 18 heavy (non-hydrogen) atoms. The third kappa shape index (κ3) is 5.14. The van der Waals surface area contributed by atoms with Gasteiger partial charge in [-0.25, -0.2) is 0 Å². The summed E-state index contributed by atoms with van der Waals surface area (Å²) in [5.74, 6) is 0. The largest absolute Gasteiger partial charge is 0.379 e. The fraction of sp³-hybridized carbons (Fsp3) is 0.571. The summed E-state index contributed by atoms with van der Waals surface area (Å²) >= 11 is 0. The molecule has 0 atom stereocenters. The monoisotopic (exact) mass is 250 g/mol. The molecular formula is C14H22N2O2. The Kier molecular flexibility index (Phi) is 6.16. The number of hydrogen-bond donors (Lipinski definition) is 1. The number of benzene rings is 1. The molecule has 1 N–H and O–H groups in total. The smallest absolute Gasteiger partial charge is 0.0694 e. The van der Waals surface area contributed by atoms with Gasteiger partial charge in [-0.05, 0) is 12.0 Å². The lowest BCUT2D eigenvalue weighted by atomic mass is 10.2. The Morgan fingerprint density at radius 1 is 1.17 bits per heavy atom. The molecule has 1 aromatic carbocycles. The van der Waals surface area contributed by atoms with E-state index in [9.17, 15) is 0 Å². The van der Waals surface area contributed by atoms with Gasteiger partial charge in [-0.15, -0.1) is 0 Å². The van der Waals surface area contributed by atoms with Gasteiger partial charge in [-0.2, -0.15) is 5.48 Å². The first-order valence-electron chi connectivity index (χ1n) is 6.64. The van der Waals surface area contributed by atoms with Crippen molar-refractivity contribution < 1.29 is 9.57 Å². The van der Waals surface area contributed by atoms with E-state index in [0.717, 1.165) is 52.4 Å². The van der Waals surface area contributed by atoms with E-state index in [1.807, 2.05) is 18.2 Å². The van der Waals surface area contributed by atoms with Gasteiger partial charge in [0.2, 0.25) is 0 Å². The van der Waals surface area contributed by atoms with Crippen LogP contribution in [-0.4, -0.2) is 44.4 Å². The van der Waals surface area contributed by atoms with Crippen LogP contribution in [0.3, 0.4) is 0 Å². The predicted octanol–water partition coefficient (Wildman–Crippen LogP) is 1.43. The summed E-state index contributed by atoms with van der Waals surface area (Å²) in [5, 5.41) is 0. The summed E-state index contributed by atoms with van der Waals surface area (Å²) in [6, 6.07) is 10.3. The Balaban J connectivity index is 1.46. The molecule has 4 nitrogen and oxygen atoms in total. The minimum absolute atomic E-state index is 0.754. The average molecular weight is 250 g/mol. The van der Waals surface area contributed by atoms with Gasteiger partial charge in [-0.1, -0.05) is 30.3 Å². The molecule has 1 heterocycles. The number of hydroxylamine groups is 1. The van der Waals surface area contributed by atoms with Crippen LogP contribution in [0.4, 0.5) is 0 Å². The van der Waals surface area contributed by atoms with Crippen LogP contribution in [0, 0.1) is 0 Å². The molecule has 0 bridgehead atoms. The fourth-order valence-electron chi connectivity index (χ4n) is 1.99. The molecule has 2 rings (SSSR count). The zero-order chi connectivity index (χ0) is 12.5. The second-order valence-electron chi connectivity index (χ2n) is 4.46. The van der Waals surface area contributed by atoms with Crippen LogP contribution in [0.5, 0.6) is 0 Å². The molecular weight excluding hydrogens is 228 g/mol. The van der Waals surface area contributed by atoms with E-state index in [1.54, 1.807) is 0 Å². The molecule has 0 spiro atoms. The van der Waals surface area contributed by atoms with Crippen LogP contribution in [0.2, 0.25) is 0 Å². The van der Waals surface area contributed by atoms with E-state index < -0.39 is 0 Å². The van der Waals surface area contributed by atoms with Crippen LogP contribution >= 0.6 is 0 Å². The third-order valence-electron chi connectivity index (χ3n) is 3.05. The maximum absolute atomic E-state index is 5.42. The van der Waals surface area contributed by atoms with E-state index in [1.165, 1.54) is 5.56 Å². The minimum Gasteiger partial charge on any atom is -0.379 e. The quantitative estimate of drug-likeness (QED) is 0.586. The minimum atomic E-state index is 0.754. The summed E-state index contributed by atoms with van der Waals surface area (Å²) in [4.78, 5) is 7.84. The van der Waals surface area contributed by atoms with Crippen LogP contribution in [0.1, 0.15) is 12.0 Å². The molecule has 0 aliphatic carbocycles. The fourth-order valence-corrected chi connectivity index (χ4v) is 1.99. The number of rotatable bonds is 7. The van der Waals surface area contributed by atoms with Crippen molar-refractivity contribution in [3.8, 4) is 0 Å².